The van der Waals surface area contributed by atoms with Crippen LogP contribution in [0.1, 0.15) is 16.7 Å². The van der Waals surface area contributed by atoms with Gasteiger partial charge in [0, 0.05) is 11.2 Å². The number of ether oxygens (including phenoxy) is 1. The van der Waals surface area contributed by atoms with Crippen LogP contribution in [0.25, 0.3) is 0 Å². The molecule has 0 aromatic heterocycles. The summed E-state index contributed by atoms with van der Waals surface area (Å²) in [6, 6.07) is 23.7. The molecule has 3 heteroatoms. The number of hydrogen-bond donors (Lipinski definition) is 0. The van der Waals surface area contributed by atoms with Crippen LogP contribution in [-0.2, 0) is 6.61 Å². The zero-order valence-electron chi connectivity index (χ0n) is 13.4. The Morgan fingerprint density at radius 2 is 1.75 bits per heavy atom. The highest BCUT2D eigenvalue weighted by molar-refractivity contribution is 6.31. The van der Waals surface area contributed by atoms with Crippen LogP contribution in [-0.4, -0.2) is 6.21 Å². The van der Waals surface area contributed by atoms with Gasteiger partial charge >= 0.3 is 0 Å². The van der Waals surface area contributed by atoms with Crippen LogP contribution in [0.2, 0.25) is 5.02 Å². The van der Waals surface area contributed by atoms with Crippen molar-refractivity contribution in [1.29, 1.82) is 0 Å². The average Bonchev–Trinajstić information content (AvgIpc) is 2.62. The highest BCUT2D eigenvalue weighted by atomic mass is 35.5. The third-order valence-electron chi connectivity index (χ3n) is 3.70. The Morgan fingerprint density at radius 3 is 2.58 bits per heavy atom. The van der Waals surface area contributed by atoms with E-state index in [0.717, 1.165) is 33.1 Å². The average molecular weight is 336 g/mol. The Morgan fingerprint density at radius 1 is 0.958 bits per heavy atom. The second-order valence-electron chi connectivity index (χ2n) is 5.49. The summed E-state index contributed by atoms with van der Waals surface area (Å²) in [5.41, 5.74) is 3.98. The first kappa shape index (κ1) is 16.3. The van der Waals surface area contributed by atoms with Gasteiger partial charge in [0.1, 0.15) is 12.4 Å². The van der Waals surface area contributed by atoms with E-state index >= 15 is 0 Å². The number of halogens is 1. The SMILES string of the molecule is Cc1c(Cl)cccc1N=Cc1cccc(OCc2ccccc2)c1. The van der Waals surface area contributed by atoms with E-state index in [1.165, 1.54) is 0 Å². The van der Waals surface area contributed by atoms with Gasteiger partial charge in [-0.25, -0.2) is 0 Å². The number of benzene rings is 3. The largest absolute Gasteiger partial charge is 0.489 e. The van der Waals surface area contributed by atoms with Gasteiger partial charge in [-0.1, -0.05) is 60.1 Å². The minimum Gasteiger partial charge on any atom is -0.489 e. The molecule has 3 aromatic carbocycles. The van der Waals surface area contributed by atoms with E-state index < -0.39 is 0 Å². The van der Waals surface area contributed by atoms with Gasteiger partial charge in [0.05, 0.1) is 5.69 Å². The molecule has 0 saturated heterocycles. The summed E-state index contributed by atoms with van der Waals surface area (Å²) in [6.45, 7) is 2.52. The molecule has 0 radical (unpaired) electrons. The van der Waals surface area contributed by atoms with Gasteiger partial charge in [-0.05, 0) is 47.9 Å². The Balaban J connectivity index is 1.71. The van der Waals surface area contributed by atoms with Crippen LogP contribution in [0, 0.1) is 6.92 Å². The number of hydrogen-bond acceptors (Lipinski definition) is 2. The fourth-order valence-electron chi connectivity index (χ4n) is 2.31. The van der Waals surface area contributed by atoms with Crippen molar-refractivity contribution in [3.8, 4) is 5.75 Å². The van der Waals surface area contributed by atoms with Crippen LogP contribution >= 0.6 is 11.6 Å². The van der Waals surface area contributed by atoms with E-state index in [9.17, 15) is 0 Å². The Hall–Kier alpha value is -2.58. The highest BCUT2D eigenvalue weighted by Gasteiger charge is 2.00. The first-order chi connectivity index (χ1) is 11.7. The monoisotopic (exact) mass is 335 g/mol. The molecule has 0 spiro atoms. The van der Waals surface area contributed by atoms with Gasteiger partial charge in [-0.15, -0.1) is 0 Å². The van der Waals surface area contributed by atoms with Crippen molar-refractivity contribution in [3.63, 3.8) is 0 Å². The molecule has 0 bridgehead atoms. The Labute approximate surface area is 147 Å². The van der Waals surface area contributed by atoms with Crippen molar-refractivity contribution in [2.75, 3.05) is 0 Å². The molecule has 0 unspecified atom stereocenters. The van der Waals surface area contributed by atoms with E-state index in [1.54, 1.807) is 0 Å². The standard InChI is InChI=1S/C21H18ClNO/c1-16-20(22)11-6-12-21(16)23-14-18-9-5-10-19(13-18)24-15-17-7-3-2-4-8-17/h2-14H,15H2,1H3. The molecule has 2 nitrogen and oxygen atoms in total. The third-order valence-corrected chi connectivity index (χ3v) is 4.11. The molecule has 0 N–H and O–H groups in total. The first-order valence-corrected chi connectivity index (χ1v) is 8.16. The minimum absolute atomic E-state index is 0.550. The summed E-state index contributed by atoms with van der Waals surface area (Å²) >= 11 is 6.13. The van der Waals surface area contributed by atoms with Crippen LogP contribution in [0.4, 0.5) is 5.69 Å². The molecule has 0 amide bonds. The molecule has 0 heterocycles. The molecule has 0 aliphatic heterocycles. The highest BCUT2D eigenvalue weighted by Crippen LogP contribution is 2.25. The van der Waals surface area contributed by atoms with Gasteiger partial charge < -0.3 is 4.74 Å². The molecule has 0 atom stereocenters. The zero-order chi connectivity index (χ0) is 16.8. The van der Waals surface area contributed by atoms with Crippen LogP contribution in [0.15, 0.2) is 77.8 Å². The van der Waals surface area contributed by atoms with Crippen LogP contribution in [0.3, 0.4) is 0 Å². The molecular formula is C21H18ClNO. The second-order valence-corrected chi connectivity index (χ2v) is 5.90. The lowest BCUT2D eigenvalue weighted by Crippen LogP contribution is -1.95. The topological polar surface area (TPSA) is 21.6 Å². The molecule has 0 saturated carbocycles. The maximum atomic E-state index is 6.13. The molecule has 3 aromatic rings. The molecule has 3 rings (SSSR count). The molecule has 0 aliphatic carbocycles. The van der Waals surface area contributed by atoms with Gasteiger partial charge in [-0.3, -0.25) is 4.99 Å². The van der Waals surface area contributed by atoms with E-state index in [2.05, 4.69) is 4.99 Å². The van der Waals surface area contributed by atoms with Crippen molar-refractivity contribution < 1.29 is 4.74 Å². The van der Waals surface area contributed by atoms with E-state index in [-0.39, 0.29) is 0 Å². The summed E-state index contributed by atoms with van der Waals surface area (Å²) in [4.78, 5) is 4.53. The van der Waals surface area contributed by atoms with E-state index in [1.807, 2.05) is 85.9 Å². The predicted molar refractivity (Wildman–Crippen MR) is 101 cm³/mol. The predicted octanol–water partition coefficient (Wildman–Crippen LogP) is 5.98. The summed E-state index contributed by atoms with van der Waals surface area (Å²) in [7, 11) is 0. The molecular weight excluding hydrogens is 318 g/mol. The summed E-state index contributed by atoms with van der Waals surface area (Å²) in [5.74, 6) is 0.825. The maximum Gasteiger partial charge on any atom is 0.120 e. The lowest BCUT2D eigenvalue weighted by molar-refractivity contribution is 0.306. The Bertz CT molecular complexity index is 843. The van der Waals surface area contributed by atoms with Crippen LogP contribution in [0.5, 0.6) is 5.75 Å². The van der Waals surface area contributed by atoms with E-state index in [0.29, 0.717) is 6.61 Å². The Kier molecular flexibility index (Phi) is 5.29. The lowest BCUT2D eigenvalue weighted by atomic mass is 10.2. The van der Waals surface area contributed by atoms with Gasteiger partial charge in [0.25, 0.3) is 0 Å². The summed E-state index contributed by atoms with van der Waals surface area (Å²) in [6.07, 6.45) is 1.83. The van der Waals surface area contributed by atoms with Crippen LogP contribution < -0.4 is 4.74 Å². The lowest BCUT2D eigenvalue weighted by Gasteiger charge is -2.07. The number of rotatable bonds is 5. The number of aliphatic imine (C=N–C) groups is 1. The van der Waals surface area contributed by atoms with Crippen molar-refractivity contribution in [3.05, 3.63) is 94.5 Å². The summed E-state index contributed by atoms with van der Waals surface area (Å²) < 4.78 is 5.84. The fourth-order valence-corrected chi connectivity index (χ4v) is 2.48. The second kappa shape index (κ2) is 7.80. The summed E-state index contributed by atoms with van der Waals surface area (Å²) in [5, 5.41) is 0.726. The smallest absolute Gasteiger partial charge is 0.120 e. The van der Waals surface area contributed by atoms with Crippen molar-refractivity contribution in [2.45, 2.75) is 13.5 Å². The molecule has 120 valence electrons. The molecule has 0 fully saturated rings. The maximum absolute atomic E-state index is 6.13. The van der Waals surface area contributed by atoms with Gasteiger partial charge in [0.2, 0.25) is 0 Å². The molecule has 24 heavy (non-hydrogen) atoms. The minimum atomic E-state index is 0.550. The first-order valence-electron chi connectivity index (χ1n) is 7.78. The normalized spacial score (nSPS) is 10.9. The van der Waals surface area contributed by atoms with Gasteiger partial charge in [-0.2, -0.15) is 0 Å². The third kappa shape index (κ3) is 4.24. The number of nitrogens with zero attached hydrogens (tertiary/aromatic N) is 1. The van der Waals surface area contributed by atoms with E-state index in [4.69, 9.17) is 16.3 Å². The van der Waals surface area contributed by atoms with Crippen molar-refractivity contribution >= 4 is 23.5 Å². The molecule has 0 aliphatic rings. The fraction of sp³-hybridized carbons (Fsp3) is 0.0952. The van der Waals surface area contributed by atoms with Crippen molar-refractivity contribution in [2.24, 2.45) is 4.99 Å². The van der Waals surface area contributed by atoms with Crippen molar-refractivity contribution in [1.82, 2.24) is 0 Å². The van der Waals surface area contributed by atoms with Gasteiger partial charge in [0.15, 0.2) is 0 Å². The zero-order valence-corrected chi connectivity index (χ0v) is 14.2. The quantitative estimate of drug-likeness (QED) is 0.526.